The van der Waals surface area contributed by atoms with E-state index in [0.29, 0.717) is 38.7 Å². The van der Waals surface area contributed by atoms with Gasteiger partial charge in [0.05, 0.1) is 23.2 Å². The molecule has 3 saturated carbocycles. The first-order valence-electron chi connectivity index (χ1n) is 12.3. The van der Waals surface area contributed by atoms with Crippen LogP contribution in [0.5, 0.6) is 0 Å². The number of aliphatic carboxylic acids is 1. The van der Waals surface area contributed by atoms with Crippen LogP contribution >= 0.6 is 11.6 Å². The van der Waals surface area contributed by atoms with Gasteiger partial charge in [-0.2, -0.15) is 0 Å². The fraction of sp³-hybridized carbons (Fsp3) is 0.296. The van der Waals surface area contributed by atoms with E-state index in [1.54, 1.807) is 36.9 Å². The number of carboxylic acids is 1. The second-order valence-electron chi connectivity index (χ2n) is 10.0. The first kappa shape index (κ1) is 22.4. The van der Waals surface area contributed by atoms with E-state index >= 15 is 0 Å². The van der Waals surface area contributed by atoms with Gasteiger partial charge in [-0.15, -0.1) is 0 Å². The van der Waals surface area contributed by atoms with E-state index in [-0.39, 0.29) is 17.9 Å². The van der Waals surface area contributed by atoms with Crippen LogP contribution in [0.2, 0.25) is 5.02 Å². The number of aromatic nitrogens is 6. The number of fused-ring (bicyclic) bond motifs is 5. The molecule has 10 heteroatoms. The van der Waals surface area contributed by atoms with Gasteiger partial charge in [-0.3, -0.25) is 9.78 Å². The summed E-state index contributed by atoms with van der Waals surface area (Å²) in [5.74, 6) is -0.975. The van der Waals surface area contributed by atoms with Gasteiger partial charge in [0.15, 0.2) is 5.82 Å². The quantitative estimate of drug-likeness (QED) is 0.308. The number of pyridine rings is 2. The van der Waals surface area contributed by atoms with Crippen LogP contribution in [-0.4, -0.2) is 40.6 Å². The van der Waals surface area contributed by atoms with E-state index in [2.05, 4.69) is 19.9 Å². The van der Waals surface area contributed by atoms with Crippen LogP contribution in [0.4, 0.5) is 4.39 Å². The molecule has 3 aliphatic rings. The average Bonchev–Trinajstić information content (AvgIpc) is 3.50. The van der Waals surface area contributed by atoms with Crippen molar-refractivity contribution in [3.63, 3.8) is 0 Å². The summed E-state index contributed by atoms with van der Waals surface area (Å²) in [7, 11) is 0. The lowest BCUT2D eigenvalue weighted by Crippen LogP contribution is -2.44. The predicted octanol–water partition coefficient (Wildman–Crippen LogP) is 5.89. The zero-order chi connectivity index (χ0) is 25.3. The highest BCUT2D eigenvalue weighted by molar-refractivity contribution is 6.31. The van der Waals surface area contributed by atoms with E-state index in [4.69, 9.17) is 16.6 Å². The highest BCUT2D eigenvalue weighted by Gasteiger charge is 2.48. The van der Waals surface area contributed by atoms with E-state index in [1.807, 2.05) is 10.8 Å². The van der Waals surface area contributed by atoms with Gasteiger partial charge >= 0.3 is 5.97 Å². The van der Waals surface area contributed by atoms with Gasteiger partial charge in [-0.05, 0) is 49.7 Å². The fourth-order valence-electron chi connectivity index (χ4n) is 6.52. The summed E-state index contributed by atoms with van der Waals surface area (Å²) in [5.41, 5.74) is 2.98. The lowest BCUT2D eigenvalue weighted by Gasteiger charge is -2.47. The molecule has 2 bridgehead atoms. The summed E-state index contributed by atoms with van der Waals surface area (Å²) < 4.78 is 16.9. The Morgan fingerprint density at radius 3 is 2.65 bits per heavy atom. The normalized spacial score (nSPS) is 23.2. The molecule has 0 spiro atoms. The van der Waals surface area contributed by atoms with Crippen molar-refractivity contribution < 1.29 is 14.3 Å². The SMILES string of the molecule is O=C(O)[C@H]1C2CCC(CC2)[C@@H]1n1cc(-c2ccncc2F)c2cnc(-c3c[nH]c4ncc(Cl)cc34)nc21. The minimum absolute atomic E-state index is 0.120. The topological polar surface area (TPSA) is 110 Å². The number of hydrogen-bond acceptors (Lipinski definition) is 5. The van der Waals surface area contributed by atoms with Crippen molar-refractivity contribution >= 4 is 39.6 Å². The number of rotatable bonds is 4. The van der Waals surface area contributed by atoms with Crippen LogP contribution < -0.4 is 0 Å². The second kappa shape index (κ2) is 8.34. The smallest absolute Gasteiger partial charge is 0.308 e. The molecular weight excluding hydrogens is 495 g/mol. The van der Waals surface area contributed by atoms with E-state index in [0.717, 1.165) is 36.6 Å². The first-order valence-corrected chi connectivity index (χ1v) is 12.7. The summed E-state index contributed by atoms with van der Waals surface area (Å²) in [6.07, 6.45) is 13.4. The molecule has 37 heavy (non-hydrogen) atoms. The molecule has 0 amide bonds. The zero-order valence-electron chi connectivity index (χ0n) is 19.6. The molecule has 2 N–H and O–H groups in total. The lowest BCUT2D eigenvalue weighted by atomic mass is 9.61. The number of aromatic amines is 1. The van der Waals surface area contributed by atoms with Gasteiger partial charge in [0.2, 0.25) is 0 Å². The molecular formula is C27H22ClFN6O2. The Morgan fingerprint density at radius 1 is 1.05 bits per heavy atom. The molecule has 8 nitrogen and oxygen atoms in total. The molecule has 186 valence electrons. The minimum Gasteiger partial charge on any atom is -0.481 e. The monoisotopic (exact) mass is 516 g/mol. The predicted molar refractivity (Wildman–Crippen MR) is 136 cm³/mol. The number of H-pyrrole nitrogens is 1. The maximum atomic E-state index is 14.9. The molecule has 5 aromatic heterocycles. The molecule has 3 fully saturated rings. The number of nitrogens with zero attached hydrogens (tertiary/aromatic N) is 5. The molecule has 0 saturated heterocycles. The lowest BCUT2D eigenvalue weighted by molar-refractivity contribution is -0.151. The minimum atomic E-state index is -0.787. The van der Waals surface area contributed by atoms with Crippen LogP contribution in [0.25, 0.3) is 44.6 Å². The molecule has 5 aromatic rings. The Bertz CT molecular complexity index is 1690. The summed E-state index contributed by atoms with van der Waals surface area (Å²) in [4.78, 5) is 33.4. The molecule has 0 aromatic carbocycles. The van der Waals surface area contributed by atoms with Gasteiger partial charge in [0.25, 0.3) is 0 Å². The average molecular weight is 517 g/mol. The number of halogens is 2. The maximum absolute atomic E-state index is 14.9. The summed E-state index contributed by atoms with van der Waals surface area (Å²) >= 11 is 6.21. The van der Waals surface area contributed by atoms with Crippen molar-refractivity contribution in [1.29, 1.82) is 0 Å². The van der Waals surface area contributed by atoms with E-state index in [9.17, 15) is 14.3 Å². The van der Waals surface area contributed by atoms with Crippen LogP contribution in [-0.2, 0) is 4.79 Å². The molecule has 0 unspecified atom stereocenters. The van der Waals surface area contributed by atoms with Gasteiger partial charge in [0, 0.05) is 58.4 Å². The van der Waals surface area contributed by atoms with Gasteiger partial charge < -0.3 is 14.7 Å². The molecule has 3 aliphatic carbocycles. The Labute approximate surface area is 215 Å². The van der Waals surface area contributed by atoms with Gasteiger partial charge in [0.1, 0.15) is 17.1 Å². The number of carbonyl (C=O) groups is 1. The van der Waals surface area contributed by atoms with Crippen LogP contribution in [0.1, 0.15) is 31.7 Å². The maximum Gasteiger partial charge on any atom is 0.308 e. The third kappa shape index (κ3) is 3.44. The molecule has 0 aliphatic heterocycles. The molecule has 0 radical (unpaired) electrons. The van der Waals surface area contributed by atoms with Crippen molar-refractivity contribution in [2.24, 2.45) is 17.8 Å². The molecule has 5 heterocycles. The summed E-state index contributed by atoms with van der Waals surface area (Å²) in [6, 6.07) is 3.16. The molecule has 2 atom stereocenters. The Kier molecular flexibility index (Phi) is 5.04. The third-order valence-electron chi connectivity index (χ3n) is 8.15. The van der Waals surface area contributed by atoms with Crippen molar-refractivity contribution in [3.8, 4) is 22.5 Å². The van der Waals surface area contributed by atoms with Crippen molar-refractivity contribution in [1.82, 2.24) is 29.5 Å². The number of carboxylic acid groups (broad SMARTS) is 1. The van der Waals surface area contributed by atoms with Gasteiger partial charge in [-0.1, -0.05) is 11.6 Å². The second-order valence-corrected chi connectivity index (χ2v) is 10.5. The standard InChI is InChI=1S/C27H22ClFN6O2/c28-15-7-17-18(9-32-24(17)31-8-15)25-33-10-19-20(16-5-6-30-11-21(16)29)12-35(26(19)34-25)23-14-3-1-13(2-4-14)22(23)27(36)37/h5-14,22-23H,1-4H2,(H,31,32)(H,36,37)/t13?,14?,22-,23-/m0/s1. The van der Waals surface area contributed by atoms with E-state index in [1.165, 1.54) is 6.20 Å². The van der Waals surface area contributed by atoms with Crippen LogP contribution in [0, 0.1) is 23.6 Å². The Hall–Kier alpha value is -3.85. The number of hydrogen-bond donors (Lipinski definition) is 2. The van der Waals surface area contributed by atoms with Gasteiger partial charge in [-0.25, -0.2) is 19.3 Å². The van der Waals surface area contributed by atoms with Crippen LogP contribution in [0.15, 0.2) is 49.3 Å². The fourth-order valence-corrected chi connectivity index (χ4v) is 6.68. The Balaban J connectivity index is 1.48. The zero-order valence-corrected chi connectivity index (χ0v) is 20.4. The van der Waals surface area contributed by atoms with Crippen molar-refractivity contribution in [2.75, 3.05) is 0 Å². The number of nitrogens with one attached hydrogen (secondary N) is 1. The third-order valence-corrected chi connectivity index (χ3v) is 8.36. The Morgan fingerprint density at radius 2 is 1.86 bits per heavy atom. The van der Waals surface area contributed by atoms with E-state index < -0.39 is 17.7 Å². The summed E-state index contributed by atoms with van der Waals surface area (Å²) in [6.45, 7) is 0. The van der Waals surface area contributed by atoms with Crippen molar-refractivity contribution in [2.45, 2.75) is 31.7 Å². The largest absolute Gasteiger partial charge is 0.481 e. The highest BCUT2D eigenvalue weighted by Crippen LogP contribution is 2.52. The van der Waals surface area contributed by atoms with Crippen molar-refractivity contribution in [3.05, 3.63) is 60.2 Å². The summed E-state index contributed by atoms with van der Waals surface area (Å²) in [5, 5.41) is 12.2. The highest BCUT2D eigenvalue weighted by atomic mass is 35.5. The first-order chi connectivity index (χ1) is 18.0. The molecule has 8 rings (SSSR count). The van der Waals surface area contributed by atoms with Crippen LogP contribution in [0.3, 0.4) is 0 Å².